The Morgan fingerprint density at radius 3 is 2.61 bits per heavy atom. The lowest BCUT2D eigenvalue weighted by Gasteiger charge is -2.12. The Hall–Kier alpha value is -2.11. The van der Waals surface area contributed by atoms with E-state index in [0.29, 0.717) is 30.9 Å². The number of ether oxygens (including phenoxy) is 1. The second-order valence-corrected chi connectivity index (χ2v) is 5.15. The molecular weight excluding hydrogens is 297 g/mol. The van der Waals surface area contributed by atoms with E-state index in [-0.39, 0.29) is 11.8 Å². The number of carbonyl (C=O) groups excluding carboxylic acids is 1. The summed E-state index contributed by atoms with van der Waals surface area (Å²) in [6.07, 6.45) is 3.80. The summed E-state index contributed by atoms with van der Waals surface area (Å²) < 4.78 is 18.1. The van der Waals surface area contributed by atoms with E-state index in [2.05, 4.69) is 20.4 Å². The van der Waals surface area contributed by atoms with Crippen LogP contribution < -0.4 is 10.6 Å². The maximum atomic E-state index is 13.5. The number of hydrogen-bond acceptors (Lipinski definition) is 3. The molecule has 0 aliphatic rings. The lowest BCUT2D eigenvalue weighted by atomic mass is 10.1. The number of nitrogens with zero attached hydrogens (tertiary/aromatic N) is 1. The number of hydrogen-bond donors (Lipinski definition) is 2. The zero-order valence-corrected chi connectivity index (χ0v) is 13.9. The standard InChI is InChI=1S/C17H26FN3O2/c1-19-17(20-12-7-3-4-10-16(22)23-2)21-13-11-14-8-5-6-9-15(14)18/h5-6,8-9H,3-4,7,10-13H2,1-2H3,(H2,19,20,21). The van der Waals surface area contributed by atoms with E-state index in [9.17, 15) is 9.18 Å². The van der Waals surface area contributed by atoms with Gasteiger partial charge in [-0.2, -0.15) is 0 Å². The third kappa shape index (κ3) is 8.18. The molecule has 23 heavy (non-hydrogen) atoms. The Labute approximate surface area is 137 Å². The van der Waals surface area contributed by atoms with Crippen molar-refractivity contribution in [2.24, 2.45) is 4.99 Å². The van der Waals surface area contributed by atoms with Gasteiger partial charge in [-0.15, -0.1) is 0 Å². The van der Waals surface area contributed by atoms with Crippen molar-refractivity contribution in [1.82, 2.24) is 10.6 Å². The average Bonchev–Trinajstić information content (AvgIpc) is 2.57. The molecule has 6 heteroatoms. The van der Waals surface area contributed by atoms with Crippen LogP contribution in [0.3, 0.4) is 0 Å². The zero-order chi connectivity index (χ0) is 16.9. The van der Waals surface area contributed by atoms with Crippen molar-refractivity contribution >= 4 is 11.9 Å². The minimum Gasteiger partial charge on any atom is -0.469 e. The van der Waals surface area contributed by atoms with Crippen LogP contribution in [0.2, 0.25) is 0 Å². The Morgan fingerprint density at radius 2 is 1.91 bits per heavy atom. The van der Waals surface area contributed by atoms with E-state index >= 15 is 0 Å². The van der Waals surface area contributed by atoms with Crippen LogP contribution in [0, 0.1) is 5.82 Å². The Balaban J connectivity index is 2.13. The van der Waals surface area contributed by atoms with E-state index in [1.807, 2.05) is 6.07 Å². The van der Waals surface area contributed by atoms with Crippen molar-refractivity contribution in [1.29, 1.82) is 0 Å². The zero-order valence-electron chi connectivity index (χ0n) is 13.9. The number of rotatable bonds is 9. The molecule has 0 atom stereocenters. The molecule has 0 unspecified atom stereocenters. The normalized spacial score (nSPS) is 11.2. The van der Waals surface area contributed by atoms with Crippen molar-refractivity contribution in [2.45, 2.75) is 32.1 Å². The molecule has 1 aromatic rings. The number of methoxy groups -OCH3 is 1. The van der Waals surface area contributed by atoms with Crippen LogP contribution in [0.1, 0.15) is 31.2 Å². The van der Waals surface area contributed by atoms with Crippen LogP contribution in [0.25, 0.3) is 0 Å². The molecule has 0 aliphatic heterocycles. The Morgan fingerprint density at radius 1 is 1.17 bits per heavy atom. The molecule has 0 fully saturated rings. The van der Waals surface area contributed by atoms with E-state index in [1.165, 1.54) is 13.2 Å². The number of carbonyl (C=O) groups is 1. The number of halogens is 1. The van der Waals surface area contributed by atoms with E-state index < -0.39 is 0 Å². The van der Waals surface area contributed by atoms with Gasteiger partial charge in [0.2, 0.25) is 0 Å². The first-order valence-corrected chi connectivity index (χ1v) is 7.92. The van der Waals surface area contributed by atoms with Crippen molar-refractivity contribution in [2.75, 3.05) is 27.2 Å². The third-order valence-corrected chi connectivity index (χ3v) is 3.45. The summed E-state index contributed by atoms with van der Waals surface area (Å²) in [7, 11) is 3.11. The number of guanidine groups is 1. The number of benzene rings is 1. The molecule has 0 bridgehead atoms. The van der Waals surface area contributed by atoms with Gasteiger partial charge in [-0.05, 0) is 30.9 Å². The first-order chi connectivity index (χ1) is 11.2. The van der Waals surface area contributed by atoms with Crippen molar-refractivity contribution in [3.05, 3.63) is 35.6 Å². The number of nitrogens with one attached hydrogen (secondary N) is 2. The predicted molar refractivity (Wildman–Crippen MR) is 90.0 cm³/mol. The monoisotopic (exact) mass is 323 g/mol. The van der Waals surface area contributed by atoms with Gasteiger partial charge in [0.1, 0.15) is 5.82 Å². The highest BCUT2D eigenvalue weighted by molar-refractivity contribution is 5.79. The van der Waals surface area contributed by atoms with Crippen LogP contribution in [0.5, 0.6) is 0 Å². The van der Waals surface area contributed by atoms with E-state index in [0.717, 1.165) is 25.8 Å². The molecule has 1 rings (SSSR count). The van der Waals surface area contributed by atoms with Gasteiger partial charge < -0.3 is 15.4 Å². The summed E-state index contributed by atoms with van der Waals surface area (Å²) in [6, 6.07) is 6.78. The summed E-state index contributed by atoms with van der Waals surface area (Å²) in [4.78, 5) is 15.1. The summed E-state index contributed by atoms with van der Waals surface area (Å²) >= 11 is 0. The molecule has 0 amide bonds. The average molecular weight is 323 g/mol. The lowest BCUT2D eigenvalue weighted by Crippen LogP contribution is -2.38. The largest absolute Gasteiger partial charge is 0.469 e. The van der Waals surface area contributed by atoms with E-state index in [1.54, 1.807) is 19.2 Å². The Kier molecular flexibility index (Phi) is 9.43. The molecule has 0 saturated heterocycles. The highest BCUT2D eigenvalue weighted by Crippen LogP contribution is 2.06. The van der Waals surface area contributed by atoms with Crippen LogP contribution in [-0.2, 0) is 16.0 Å². The van der Waals surface area contributed by atoms with Crippen molar-refractivity contribution in [3.63, 3.8) is 0 Å². The maximum absolute atomic E-state index is 13.5. The van der Waals surface area contributed by atoms with Gasteiger partial charge in [0.25, 0.3) is 0 Å². The van der Waals surface area contributed by atoms with Gasteiger partial charge in [-0.3, -0.25) is 9.79 Å². The highest BCUT2D eigenvalue weighted by atomic mass is 19.1. The SMILES string of the molecule is CN=C(NCCCCCC(=O)OC)NCCc1ccccc1F. The first kappa shape index (κ1) is 18.9. The summed E-state index contributed by atoms with van der Waals surface area (Å²) in [6.45, 7) is 1.39. The molecule has 0 aliphatic carbocycles. The molecule has 0 aromatic heterocycles. The van der Waals surface area contributed by atoms with Crippen LogP contribution in [-0.4, -0.2) is 39.2 Å². The Bertz CT molecular complexity index is 506. The molecule has 0 spiro atoms. The molecule has 5 nitrogen and oxygen atoms in total. The van der Waals surface area contributed by atoms with Gasteiger partial charge in [-0.25, -0.2) is 4.39 Å². The van der Waals surface area contributed by atoms with Crippen molar-refractivity contribution in [3.8, 4) is 0 Å². The van der Waals surface area contributed by atoms with Gasteiger partial charge in [0.15, 0.2) is 5.96 Å². The molecule has 128 valence electrons. The van der Waals surface area contributed by atoms with Crippen molar-refractivity contribution < 1.29 is 13.9 Å². The fourth-order valence-electron chi connectivity index (χ4n) is 2.12. The topological polar surface area (TPSA) is 62.7 Å². The second-order valence-electron chi connectivity index (χ2n) is 5.15. The summed E-state index contributed by atoms with van der Waals surface area (Å²) in [5.74, 6) is 0.362. The molecule has 1 aromatic carbocycles. The summed E-state index contributed by atoms with van der Waals surface area (Å²) in [5.41, 5.74) is 0.693. The number of aliphatic imine (C=N–C) groups is 1. The lowest BCUT2D eigenvalue weighted by molar-refractivity contribution is -0.140. The predicted octanol–water partition coefficient (Wildman–Crippen LogP) is 2.27. The van der Waals surface area contributed by atoms with E-state index in [4.69, 9.17) is 0 Å². The molecule has 2 N–H and O–H groups in total. The first-order valence-electron chi connectivity index (χ1n) is 7.92. The number of esters is 1. The number of unbranched alkanes of at least 4 members (excludes halogenated alkanes) is 2. The van der Waals surface area contributed by atoms with Gasteiger partial charge in [0, 0.05) is 26.6 Å². The quantitative estimate of drug-likeness (QED) is 0.317. The highest BCUT2D eigenvalue weighted by Gasteiger charge is 2.02. The van der Waals surface area contributed by atoms with Gasteiger partial charge >= 0.3 is 5.97 Å². The van der Waals surface area contributed by atoms with Crippen LogP contribution in [0.4, 0.5) is 4.39 Å². The second kappa shape index (κ2) is 11.5. The smallest absolute Gasteiger partial charge is 0.305 e. The van der Waals surface area contributed by atoms with Crippen LogP contribution >= 0.6 is 0 Å². The van der Waals surface area contributed by atoms with Gasteiger partial charge in [-0.1, -0.05) is 24.6 Å². The molecular formula is C17H26FN3O2. The molecule has 0 heterocycles. The van der Waals surface area contributed by atoms with Crippen LogP contribution in [0.15, 0.2) is 29.3 Å². The third-order valence-electron chi connectivity index (χ3n) is 3.45. The summed E-state index contributed by atoms with van der Waals surface area (Å²) in [5, 5.41) is 6.36. The molecule has 0 saturated carbocycles. The minimum absolute atomic E-state index is 0.163. The maximum Gasteiger partial charge on any atom is 0.305 e. The fraction of sp³-hybridized carbons (Fsp3) is 0.529. The fourth-order valence-corrected chi connectivity index (χ4v) is 2.12. The molecule has 0 radical (unpaired) electrons. The minimum atomic E-state index is -0.178. The van der Waals surface area contributed by atoms with Gasteiger partial charge in [0.05, 0.1) is 7.11 Å².